The van der Waals surface area contributed by atoms with E-state index in [1.54, 1.807) is 6.07 Å². The first-order valence-corrected chi connectivity index (χ1v) is 8.04. The Kier molecular flexibility index (Phi) is 6.08. The summed E-state index contributed by atoms with van der Waals surface area (Å²) in [4.78, 5) is 18.0. The third-order valence-corrected chi connectivity index (χ3v) is 3.80. The molecular weight excluding hydrogens is 398 g/mol. The lowest BCUT2D eigenvalue weighted by molar-refractivity contribution is -0.167. The molecule has 27 heavy (non-hydrogen) atoms. The molecule has 0 aliphatic heterocycles. The Balaban J connectivity index is 2.26. The van der Waals surface area contributed by atoms with Crippen LogP contribution in [-0.2, 0) is 11.0 Å². The molecule has 0 radical (unpaired) electrons. The second-order valence-electron chi connectivity index (χ2n) is 4.95. The third kappa shape index (κ3) is 5.67. The van der Waals surface area contributed by atoms with E-state index >= 15 is 0 Å². The Morgan fingerprint density at radius 1 is 1.15 bits per heavy atom. The second kappa shape index (κ2) is 7.94. The van der Waals surface area contributed by atoms with Gasteiger partial charge in [0.05, 0.1) is 17.6 Å². The molecule has 2 rings (SSSR count). The van der Waals surface area contributed by atoms with E-state index in [2.05, 4.69) is 9.98 Å². The van der Waals surface area contributed by atoms with Crippen LogP contribution in [0.5, 0.6) is 0 Å². The number of nitrogens with zero attached hydrogens (tertiary/aromatic N) is 3. The highest BCUT2D eigenvalue weighted by molar-refractivity contribution is 8.14. The van der Waals surface area contributed by atoms with Crippen LogP contribution in [0.15, 0.2) is 47.7 Å². The summed E-state index contributed by atoms with van der Waals surface area (Å²) in [7, 11) is 0. The van der Waals surface area contributed by atoms with E-state index in [4.69, 9.17) is 5.41 Å². The van der Waals surface area contributed by atoms with Crippen molar-refractivity contribution in [3.05, 3.63) is 53.9 Å². The highest BCUT2D eigenvalue weighted by Crippen LogP contribution is 2.27. The first-order chi connectivity index (χ1) is 12.5. The molecule has 0 aromatic carbocycles. The molecule has 2 aromatic heterocycles. The molecule has 0 bridgehead atoms. The van der Waals surface area contributed by atoms with Gasteiger partial charge in [0.25, 0.3) is 0 Å². The van der Waals surface area contributed by atoms with Gasteiger partial charge in [-0.15, -0.1) is 0 Å². The molecule has 144 valence electrons. The normalized spacial score (nSPS) is 12.9. The summed E-state index contributed by atoms with van der Waals surface area (Å²) in [6.45, 7) is 0. The largest absolute Gasteiger partial charge is 0.450 e. The van der Waals surface area contributed by atoms with Crippen LogP contribution in [0.4, 0.5) is 26.3 Å². The van der Waals surface area contributed by atoms with Crippen molar-refractivity contribution in [2.75, 3.05) is 5.75 Å². The van der Waals surface area contributed by atoms with Crippen molar-refractivity contribution >= 4 is 22.7 Å². The summed E-state index contributed by atoms with van der Waals surface area (Å²) in [5, 5.41) is 7.04. The van der Waals surface area contributed by atoms with Gasteiger partial charge in [0.2, 0.25) is 5.78 Å². The number of thioether (sulfide) groups is 1. The molecule has 2 heterocycles. The SMILES string of the molecule is N=C(/N=c1\ccccn1-c1ccc(C(F)(F)F)nc1)SCC(=O)C(F)(F)F. The van der Waals surface area contributed by atoms with Crippen LogP contribution in [0.25, 0.3) is 5.69 Å². The summed E-state index contributed by atoms with van der Waals surface area (Å²) in [5.74, 6) is -3.00. The molecule has 0 aliphatic rings. The number of nitrogens with one attached hydrogen (secondary N) is 1. The minimum atomic E-state index is -4.99. The van der Waals surface area contributed by atoms with Crippen molar-refractivity contribution in [3.8, 4) is 5.69 Å². The predicted octanol–water partition coefficient (Wildman–Crippen LogP) is 3.59. The number of halogens is 6. The Bertz CT molecular complexity index is 902. The van der Waals surface area contributed by atoms with Crippen LogP contribution in [-0.4, -0.2) is 32.4 Å². The highest BCUT2D eigenvalue weighted by atomic mass is 32.2. The number of hydrogen-bond acceptors (Lipinski definition) is 4. The Morgan fingerprint density at radius 3 is 2.41 bits per heavy atom. The van der Waals surface area contributed by atoms with Gasteiger partial charge in [0.15, 0.2) is 5.17 Å². The molecule has 0 atom stereocenters. The molecule has 0 saturated heterocycles. The number of carbonyl (C=O) groups excluding carboxylic acids is 1. The number of aromatic nitrogens is 2. The monoisotopic (exact) mass is 408 g/mol. The van der Waals surface area contributed by atoms with Gasteiger partial charge >= 0.3 is 12.4 Å². The molecule has 12 heteroatoms. The number of pyridine rings is 2. The number of amidine groups is 1. The molecule has 1 N–H and O–H groups in total. The molecular formula is C15H10F6N4OS. The van der Waals surface area contributed by atoms with Gasteiger partial charge in [0, 0.05) is 6.20 Å². The van der Waals surface area contributed by atoms with E-state index in [0.717, 1.165) is 18.3 Å². The molecule has 2 aromatic rings. The smallest absolute Gasteiger partial charge is 0.300 e. The van der Waals surface area contributed by atoms with E-state index in [1.807, 2.05) is 0 Å². The third-order valence-electron chi connectivity index (χ3n) is 3.03. The van der Waals surface area contributed by atoms with Crippen molar-refractivity contribution in [1.29, 1.82) is 5.41 Å². The van der Waals surface area contributed by atoms with Crippen LogP contribution in [0.3, 0.4) is 0 Å². The van der Waals surface area contributed by atoms with Gasteiger partial charge in [-0.3, -0.25) is 10.2 Å². The van der Waals surface area contributed by atoms with Crippen molar-refractivity contribution in [2.45, 2.75) is 12.4 Å². The summed E-state index contributed by atoms with van der Waals surface area (Å²) < 4.78 is 75.6. The molecule has 0 unspecified atom stereocenters. The number of rotatable bonds is 3. The zero-order valence-corrected chi connectivity index (χ0v) is 14.0. The summed E-state index contributed by atoms with van der Waals surface area (Å²) in [6.07, 6.45) is -7.21. The quantitative estimate of drug-likeness (QED) is 0.479. The minimum Gasteiger partial charge on any atom is -0.300 e. The molecule has 0 spiro atoms. The van der Waals surface area contributed by atoms with Gasteiger partial charge in [-0.05, 0) is 24.3 Å². The zero-order chi connectivity index (χ0) is 20.2. The Labute approximate surface area is 152 Å². The van der Waals surface area contributed by atoms with Crippen LogP contribution in [0, 0.1) is 5.41 Å². The van der Waals surface area contributed by atoms with Crippen LogP contribution >= 0.6 is 11.8 Å². The number of hydrogen-bond donors (Lipinski definition) is 1. The van der Waals surface area contributed by atoms with Crippen molar-refractivity contribution < 1.29 is 31.1 Å². The lowest BCUT2D eigenvalue weighted by Gasteiger charge is -2.09. The van der Waals surface area contributed by atoms with E-state index in [-0.39, 0.29) is 22.9 Å². The van der Waals surface area contributed by atoms with E-state index in [1.165, 1.54) is 22.9 Å². The Morgan fingerprint density at radius 2 is 1.85 bits per heavy atom. The maximum atomic E-state index is 12.6. The maximum Gasteiger partial charge on any atom is 0.450 e. The second-order valence-corrected chi connectivity index (χ2v) is 5.92. The molecule has 0 amide bonds. The fraction of sp³-hybridized carbons (Fsp3) is 0.200. The number of ketones is 1. The predicted molar refractivity (Wildman–Crippen MR) is 85.4 cm³/mol. The van der Waals surface area contributed by atoms with Gasteiger partial charge in [-0.25, -0.2) is 9.98 Å². The van der Waals surface area contributed by atoms with E-state index in [9.17, 15) is 31.1 Å². The van der Waals surface area contributed by atoms with Gasteiger partial charge in [-0.1, -0.05) is 17.8 Å². The van der Waals surface area contributed by atoms with Gasteiger partial charge < -0.3 is 4.57 Å². The van der Waals surface area contributed by atoms with Gasteiger partial charge in [0.1, 0.15) is 11.2 Å². The lowest BCUT2D eigenvalue weighted by Crippen LogP contribution is -2.25. The average molecular weight is 408 g/mol. The van der Waals surface area contributed by atoms with Gasteiger partial charge in [-0.2, -0.15) is 26.3 Å². The molecule has 0 saturated carbocycles. The number of alkyl halides is 6. The summed E-state index contributed by atoms with van der Waals surface area (Å²) >= 11 is 0.285. The minimum absolute atomic E-state index is 0.0658. The number of carbonyl (C=O) groups is 1. The van der Waals surface area contributed by atoms with Crippen molar-refractivity contribution in [1.82, 2.24) is 9.55 Å². The average Bonchev–Trinajstić information content (AvgIpc) is 2.58. The molecule has 0 fully saturated rings. The fourth-order valence-corrected chi connectivity index (χ4v) is 2.38. The van der Waals surface area contributed by atoms with Crippen LogP contribution < -0.4 is 5.49 Å². The summed E-state index contributed by atoms with van der Waals surface area (Å²) in [5.41, 5.74) is -0.822. The standard InChI is InChI=1S/C15H10F6N4OS/c16-14(17,18)10-5-4-9(7-23-10)25-6-2-1-3-12(25)24-13(22)27-8-11(26)15(19,20)21/h1-7,22H,8H2/b22-13?,24-12+. The fourth-order valence-electron chi connectivity index (χ4n) is 1.79. The Hall–Kier alpha value is -2.63. The molecule has 0 aliphatic carbocycles. The topological polar surface area (TPSA) is 71.1 Å². The summed E-state index contributed by atoms with van der Waals surface area (Å²) in [6, 6.07) is 6.37. The zero-order valence-electron chi connectivity index (χ0n) is 13.2. The van der Waals surface area contributed by atoms with E-state index in [0.29, 0.717) is 0 Å². The first kappa shape index (κ1) is 20.7. The maximum absolute atomic E-state index is 12.6. The van der Waals surface area contributed by atoms with Crippen molar-refractivity contribution in [3.63, 3.8) is 0 Å². The van der Waals surface area contributed by atoms with Crippen molar-refractivity contribution in [2.24, 2.45) is 4.99 Å². The highest BCUT2D eigenvalue weighted by Gasteiger charge is 2.37. The van der Waals surface area contributed by atoms with E-state index < -0.39 is 34.8 Å². The number of Topliss-reactive ketones (excluding diaryl/α,β-unsaturated/α-hetero) is 1. The first-order valence-electron chi connectivity index (χ1n) is 7.06. The van der Waals surface area contributed by atoms with Crippen LogP contribution in [0.1, 0.15) is 5.69 Å². The lowest BCUT2D eigenvalue weighted by atomic mass is 10.3. The molecule has 5 nitrogen and oxygen atoms in total. The van der Waals surface area contributed by atoms with Crippen LogP contribution in [0.2, 0.25) is 0 Å².